The maximum Gasteiger partial charge on any atom is 0.409 e. The van der Waals surface area contributed by atoms with Crippen molar-refractivity contribution in [1.29, 1.82) is 0 Å². The molecule has 8 unspecified atom stereocenters. The van der Waals surface area contributed by atoms with Crippen molar-refractivity contribution in [2.75, 3.05) is 19.7 Å². The Kier molecular flexibility index (Phi) is 8.51. The molecule has 0 radical (unpaired) electrons. The zero-order chi connectivity index (χ0) is 35.6. The van der Waals surface area contributed by atoms with Crippen LogP contribution in [0.15, 0.2) is 95.9 Å². The molecular formula is C44H51NO5S. The fourth-order valence-corrected chi connectivity index (χ4v) is 12.4. The third-order valence-electron chi connectivity index (χ3n) is 14.4. The molecule has 1 amide bonds. The van der Waals surface area contributed by atoms with Gasteiger partial charge in [0.15, 0.2) is 5.78 Å². The first-order valence-electron chi connectivity index (χ1n) is 19.0. The molecule has 0 saturated heterocycles. The van der Waals surface area contributed by atoms with Crippen LogP contribution < -0.4 is 0 Å². The monoisotopic (exact) mass is 705 g/mol. The zero-order valence-corrected chi connectivity index (χ0v) is 31.0. The first kappa shape index (κ1) is 34.6. The molecule has 7 heteroatoms. The number of aliphatic hydroxyl groups excluding tert-OH is 1. The van der Waals surface area contributed by atoms with E-state index in [4.69, 9.17) is 4.74 Å². The molecule has 1 aromatic heterocycles. The number of allylic oxidation sites excluding steroid dienone is 4. The lowest BCUT2D eigenvalue weighted by Gasteiger charge is -2.71. The fourth-order valence-electron chi connectivity index (χ4n) is 11.7. The smallest absolute Gasteiger partial charge is 0.409 e. The first-order valence-corrected chi connectivity index (χ1v) is 19.8. The number of benzene rings is 2. The number of amides is 1. The summed E-state index contributed by atoms with van der Waals surface area (Å²) in [5.74, 6) is 0.261. The predicted molar refractivity (Wildman–Crippen MR) is 201 cm³/mol. The lowest BCUT2D eigenvalue weighted by Crippen LogP contribution is -2.67. The van der Waals surface area contributed by atoms with Crippen molar-refractivity contribution in [3.05, 3.63) is 106 Å². The highest BCUT2D eigenvalue weighted by molar-refractivity contribution is 7.09. The lowest BCUT2D eigenvalue weighted by atomic mass is 9.32. The quantitative estimate of drug-likeness (QED) is 0.172. The zero-order valence-electron chi connectivity index (χ0n) is 30.1. The minimum Gasteiger partial charge on any atom is -0.450 e. The highest BCUT2D eigenvalue weighted by Crippen LogP contribution is 2.78. The van der Waals surface area contributed by atoms with Gasteiger partial charge in [0.1, 0.15) is 0 Å². The normalized spacial score (nSPS) is 36.1. The van der Waals surface area contributed by atoms with Crippen LogP contribution in [0.2, 0.25) is 0 Å². The fraction of sp³-hybridized carbons (Fsp3) is 0.500. The van der Waals surface area contributed by atoms with Crippen LogP contribution >= 0.6 is 11.3 Å². The molecule has 6 nitrogen and oxygen atoms in total. The van der Waals surface area contributed by atoms with Crippen LogP contribution in [0, 0.1) is 33.5 Å². The third-order valence-corrected chi connectivity index (χ3v) is 15.3. The van der Waals surface area contributed by atoms with Crippen molar-refractivity contribution in [3.63, 3.8) is 0 Å². The maximum atomic E-state index is 15.0. The van der Waals surface area contributed by atoms with Crippen molar-refractivity contribution in [2.45, 2.75) is 83.8 Å². The van der Waals surface area contributed by atoms with Gasteiger partial charge in [-0.3, -0.25) is 4.79 Å². The molecule has 2 bridgehead atoms. The number of carbonyl (C=O) groups is 2. The molecule has 9 rings (SSSR count). The summed E-state index contributed by atoms with van der Waals surface area (Å²) in [6, 6.07) is 22.3. The van der Waals surface area contributed by atoms with Gasteiger partial charge in [0, 0.05) is 38.8 Å². The van der Waals surface area contributed by atoms with Crippen LogP contribution in [-0.2, 0) is 11.2 Å². The highest BCUT2D eigenvalue weighted by atomic mass is 32.1. The summed E-state index contributed by atoms with van der Waals surface area (Å²) in [5, 5.41) is 26.0. The molecule has 0 aliphatic heterocycles. The predicted octanol–water partition coefficient (Wildman–Crippen LogP) is 8.89. The summed E-state index contributed by atoms with van der Waals surface area (Å²) in [6.45, 7) is 7.41. The van der Waals surface area contributed by atoms with Crippen molar-refractivity contribution in [2.24, 2.45) is 33.5 Å². The van der Waals surface area contributed by atoms with Crippen molar-refractivity contribution >= 4 is 23.2 Å². The molecule has 3 aromatic rings. The number of aliphatic hydroxyl groups is 2. The van der Waals surface area contributed by atoms with Crippen LogP contribution in [0.1, 0.15) is 81.0 Å². The molecule has 6 aliphatic rings. The van der Waals surface area contributed by atoms with E-state index < -0.39 is 27.9 Å². The van der Waals surface area contributed by atoms with Gasteiger partial charge in [0.05, 0.1) is 24.9 Å². The van der Waals surface area contributed by atoms with E-state index in [1.54, 1.807) is 16.2 Å². The summed E-state index contributed by atoms with van der Waals surface area (Å²) < 4.78 is 5.54. The van der Waals surface area contributed by atoms with E-state index >= 15 is 4.79 Å². The number of ketones is 1. The second-order valence-corrected chi connectivity index (χ2v) is 17.6. The van der Waals surface area contributed by atoms with E-state index in [0.717, 1.165) is 48.8 Å². The summed E-state index contributed by atoms with van der Waals surface area (Å²) in [7, 11) is 0. The molecule has 8 atom stereocenters. The minimum atomic E-state index is -1.14. The Balaban J connectivity index is 1.18. The number of fused-ring (bicyclic) bond motifs is 1. The van der Waals surface area contributed by atoms with Gasteiger partial charge in [0.25, 0.3) is 0 Å². The average Bonchev–Trinajstić information content (AvgIpc) is 3.76. The SMILES string of the molecule is CCOC(=O)N(CCc1cccs1)CC1(O)CCC2C34C=CC5(C=C3C(=O)c3ccc(-c6ccccc6)cc3)CC(O)CCC5(C)C4CCC21C. The Labute approximate surface area is 306 Å². The number of thiophene rings is 1. The van der Waals surface area contributed by atoms with E-state index in [-0.39, 0.29) is 42.3 Å². The molecular weight excluding hydrogens is 655 g/mol. The number of rotatable bonds is 9. The number of hydrogen-bond donors (Lipinski definition) is 2. The number of carbonyl (C=O) groups excluding carboxylic acids is 2. The Morgan fingerprint density at radius 3 is 2.31 bits per heavy atom. The van der Waals surface area contributed by atoms with Gasteiger partial charge >= 0.3 is 6.09 Å². The Morgan fingerprint density at radius 1 is 0.882 bits per heavy atom. The largest absolute Gasteiger partial charge is 0.450 e. The average molecular weight is 706 g/mol. The summed E-state index contributed by atoms with van der Waals surface area (Å²) in [6.07, 6.45) is 12.2. The Bertz CT molecular complexity index is 1850. The number of nitrogens with zero attached hydrogens (tertiary/aromatic N) is 1. The lowest BCUT2D eigenvalue weighted by molar-refractivity contribution is -0.175. The van der Waals surface area contributed by atoms with E-state index in [0.29, 0.717) is 31.4 Å². The number of hydrogen-bond acceptors (Lipinski definition) is 6. The van der Waals surface area contributed by atoms with E-state index in [1.807, 2.05) is 60.8 Å². The maximum absolute atomic E-state index is 15.0. The highest BCUT2D eigenvalue weighted by Gasteiger charge is 2.74. The number of ether oxygens (including phenoxy) is 1. The molecule has 2 aromatic carbocycles. The molecule has 1 heterocycles. The van der Waals surface area contributed by atoms with Crippen LogP contribution in [-0.4, -0.2) is 58.4 Å². The van der Waals surface area contributed by atoms with Crippen molar-refractivity contribution in [3.8, 4) is 11.1 Å². The second-order valence-electron chi connectivity index (χ2n) is 16.5. The molecule has 268 valence electrons. The van der Waals surface area contributed by atoms with Crippen LogP contribution in [0.5, 0.6) is 0 Å². The van der Waals surface area contributed by atoms with E-state index in [1.165, 1.54) is 4.88 Å². The minimum absolute atomic E-state index is 0.00658. The van der Waals surface area contributed by atoms with Gasteiger partial charge in [-0.15, -0.1) is 11.3 Å². The van der Waals surface area contributed by atoms with Crippen LogP contribution in [0.3, 0.4) is 0 Å². The molecule has 6 aliphatic carbocycles. The Morgan fingerprint density at radius 2 is 1.59 bits per heavy atom. The second kappa shape index (κ2) is 12.6. The van der Waals surface area contributed by atoms with Gasteiger partial charge in [-0.2, -0.15) is 0 Å². The van der Waals surface area contributed by atoms with E-state index in [9.17, 15) is 15.0 Å². The van der Waals surface area contributed by atoms with Gasteiger partial charge in [0.2, 0.25) is 0 Å². The van der Waals surface area contributed by atoms with Gasteiger partial charge < -0.3 is 19.8 Å². The van der Waals surface area contributed by atoms with Crippen LogP contribution in [0.4, 0.5) is 4.79 Å². The third kappa shape index (κ3) is 5.16. The summed E-state index contributed by atoms with van der Waals surface area (Å²) in [4.78, 5) is 31.4. The standard InChI is InChI=1S/C44H51NO5S/c1-4-50-39(48)45(25-19-34-11-8-26-51-34)29-43(49)22-18-37-41(43,3)21-17-36-40(2)20-16-33(46)27-42(40)23-24-44(36,37)35(28-42)38(47)32-14-12-31(13-15-32)30-9-6-5-7-10-30/h5-15,23-24,26,28,33,36-37,46,49H,4,16-22,25,27,29H2,1-3H3. The first-order chi connectivity index (χ1) is 24.5. The number of Topliss-reactive ketones (excluding diaryl/α,β-unsaturated/α-hetero) is 1. The topological polar surface area (TPSA) is 87.1 Å². The van der Waals surface area contributed by atoms with Gasteiger partial charge in [-0.05, 0) is 98.1 Å². The van der Waals surface area contributed by atoms with E-state index in [2.05, 4.69) is 50.3 Å². The summed E-state index contributed by atoms with van der Waals surface area (Å²) in [5.41, 5.74) is 0.951. The van der Waals surface area contributed by atoms with Gasteiger partial charge in [-0.1, -0.05) is 92.7 Å². The summed E-state index contributed by atoms with van der Waals surface area (Å²) >= 11 is 1.67. The van der Waals surface area contributed by atoms with Gasteiger partial charge in [-0.25, -0.2) is 4.79 Å². The molecule has 3 saturated carbocycles. The van der Waals surface area contributed by atoms with Crippen LogP contribution in [0.25, 0.3) is 11.1 Å². The Hall–Kier alpha value is -3.52. The van der Waals surface area contributed by atoms with Crippen molar-refractivity contribution in [1.82, 2.24) is 4.90 Å². The molecule has 51 heavy (non-hydrogen) atoms. The molecule has 3 fully saturated rings. The van der Waals surface area contributed by atoms with Crippen molar-refractivity contribution < 1.29 is 24.5 Å². The molecule has 2 spiro atoms. The molecule has 2 N–H and O–H groups in total.